The summed E-state index contributed by atoms with van der Waals surface area (Å²) >= 11 is 0. The first-order valence-electron chi connectivity index (χ1n) is 6.23. The fourth-order valence-electron chi connectivity index (χ4n) is 1.91. The van der Waals surface area contributed by atoms with Crippen molar-refractivity contribution < 1.29 is 4.39 Å². The smallest absolute Gasteiger partial charge is 0.123 e. The maximum atomic E-state index is 13.2. The second-order valence-electron chi connectivity index (χ2n) is 4.34. The Morgan fingerprint density at radius 3 is 2.94 bits per heavy atom. The quantitative estimate of drug-likeness (QED) is 0.797. The van der Waals surface area contributed by atoms with Crippen LogP contribution in [0.5, 0.6) is 0 Å². The van der Waals surface area contributed by atoms with Crippen LogP contribution >= 0.6 is 0 Å². The van der Waals surface area contributed by atoms with Gasteiger partial charge in [0, 0.05) is 11.3 Å². The molecule has 0 atom stereocenters. The first-order valence-corrected chi connectivity index (χ1v) is 6.23. The summed E-state index contributed by atoms with van der Waals surface area (Å²) < 4.78 is 13.2. The zero-order valence-corrected chi connectivity index (χ0v) is 10.8. The van der Waals surface area contributed by atoms with Crippen LogP contribution in [0.25, 0.3) is 11.3 Å². The summed E-state index contributed by atoms with van der Waals surface area (Å²) in [5.41, 5.74) is 2.60. The Bertz CT molecular complexity index is 520. The summed E-state index contributed by atoms with van der Waals surface area (Å²) in [6, 6.07) is 6.52. The van der Waals surface area contributed by atoms with Gasteiger partial charge in [-0.3, -0.25) is 0 Å². The van der Waals surface area contributed by atoms with Crippen LogP contribution in [0.15, 0.2) is 24.3 Å². The van der Waals surface area contributed by atoms with E-state index >= 15 is 0 Å². The number of rotatable bonds is 5. The van der Waals surface area contributed by atoms with E-state index in [0.29, 0.717) is 6.54 Å². The van der Waals surface area contributed by atoms with E-state index in [0.717, 1.165) is 35.7 Å². The first-order chi connectivity index (χ1) is 8.70. The SMILES string of the molecule is CCCNCc1nc(-c2cccc(F)c2)c(C)[nH]1. The molecule has 18 heavy (non-hydrogen) atoms. The summed E-state index contributed by atoms with van der Waals surface area (Å²) in [4.78, 5) is 7.73. The maximum absolute atomic E-state index is 13.2. The van der Waals surface area contributed by atoms with Crippen molar-refractivity contribution in [1.29, 1.82) is 0 Å². The lowest BCUT2D eigenvalue weighted by molar-refractivity contribution is 0.628. The van der Waals surface area contributed by atoms with Crippen LogP contribution in [0.1, 0.15) is 24.9 Å². The van der Waals surface area contributed by atoms with Crippen molar-refractivity contribution in [3.8, 4) is 11.3 Å². The molecule has 0 amide bonds. The molecule has 1 aromatic carbocycles. The lowest BCUT2D eigenvalue weighted by Gasteiger charge is -1.99. The molecule has 0 unspecified atom stereocenters. The molecule has 0 saturated carbocycles. The molecule has 0 radical (unpaired) electrons. The highest BCUT2D eigenvalue weighted by Crippen LogP contribution is 2.21. The van der Waals surface area contributed by atoms with Crippen LogP contribution in [-0.4, -0.2) is 16.5 Å². The highest BCUT2D eigenvalue weighted by atomic mass is 19.1. The predicted octanol–water partition coefficient (Wildman–Crippen LogP) is 3.02. The van der Waals surface area contributed by atoms with Crippen LogP contribution in [0.3, 0.4) is 0 Å². The van der Waals surface area contributed by atoms with Crippen LogP contribution in [0, 0.1) is 12.7 Å². The Balaban J connectivity index is 2.18. The third kappa shape index (κ3) is 2.96. The summed E-state index contributed by atoms with van der Waals surface area (Å²) in [6.45, 7) is 5.76. The lowest BCUT2D eigenvalue weighted by atomic mass is 10.1. The molecule has 0 bridgehead atoms. The monoisotopic (exact) mass is 247 g/mol. The van der Waals surface area contributed by atoms with E-state index in [-0.39, 0.29) is 5.82 Å². The molecule has 0 fully saturated rings. The fourth-order valence-corrected chi connectivity index (χ4v) is 1.91. The van der Waals surface area contributed by atoms with Gasteiger partial charge in [-0.15, -0.1) is 0 Å². The number of nitrogens with zero attached hydrogens (tertiary/aromatic N) is 1. The standard InChI is InChI=1S/C14H18FN3/c1-3-7-16-9-13-17-10(2)14(18-13)11-5-4-6-12(15)8-11/h4-6,8,16H,3,7,9H2,1-2H3,(H,17,18). The van der Waals surface area contributed by atoms with Gasteiger partial charge in [0.25, 0.3) is 0 Å². The van der Waals surface area contributed by atoms with E-state index < -0.39 is 0 Å². The number of nitrogens with one attached hydrogen (secondary N) is 2. The molecule has 0 aliphatic carbocycles. The van der Waals surface area contributed by atoms with Crippen molar-refractivity contribution >= 4 is 0 Å². The van der Waals surface area contributed by atoms with E-state index in [1.807, 2.05) is 13.0 Å². The molecular formula is C14H18FN3. The highest BCUT2D eigenvalue weighted by molar-refractivity contribution is 5.61. The van der Waals surface area contributed by atoms with E-state index in [1.54, 1.807) is 6.07 Å². The van der Waals surface area contributed by atoms with Gasteiger partial charge < -0.3 is 10.3 Å². The van der Waals surface area contributed by atoms with Crippen LogP contribution < -0.4 is 5.32 Å². The minimum absolute atomic E-state index is 0.236. The van der Waals surface area contributed by atoms with Gasteiger partial charge >= 0.3 is 0 Å². The van der Waals surface area contributed by atoms with Gasteiger partial charge in [-0.05, 0) is 32.0 Å². The average Bonchev–Trinajstić information content (AvgIpc) is 2.71. The minimum atomic E-state index is -0.236. The number of aromatic nitrogens is 2. The van der Waals surface area contributed by atoms with Gasteiger partial charge in [0.05, 0.1) is 12.2 Å². The normalized spacial score (nSPS) is 10.8. The second kappa shape index (κ2) is 5.78. The van der Waals surface area contributed by atoms with Crippen molar-refractivity contribution in [2.45, 2.75) is 26.8 Å². The zero-order chi connectivity index (χ0) is 13.0. The molecule has 0 saturated heterocycles. The van der Waals surface area contributed by atoms with Gasteiger partial charge in [-0.1, -0.05) is 19.1 Å². The van der Waals surface area contributed by atoms with Crippen molar-refractivity contribution in [1.82, 2.24) is 15.3 Å². The molecule has 3 nitrogen and oxygen atoms in total. The number of aryl methyl sites for hydroxylation is 1. The molecule has 4 heteroatoms. The lowest BCUT2D eigenvalue weighted by Crippen LogP contribution is -2.14. The third-order valence-corrected chi connectivity index (χ3v) is 2.75. The predicted molar refractivity (Wildman–Crippen MR) is 70.7 cm³/mol. The molecule has 2 N–H and O–H groups in total. The molecule has 0 spiro atoms. The number of imidazole rings is 1. The number of halogens is 1. The molecule has 1 heterocycles. The van der Waals surface area contributed by atoms with Gasteiger partial charge in [0.2, 0.25) is 0 Å². The third-order valence-electron chi connectivity index (χ3n) is 2.75. The van der Waals surface area contributed by atoms with Crippen molar-refractivity contribution in [2.75, 3.05) is 6.54 Å². The summed E-state index contributed by atoms with van der Waals surface area (Å²) in [5, 5.41) is 3.29. The Labute approximate surface area is 106 Å². The molecule has 0 aliphatic heterocycles. The van der Waals surface area contributed by atoms with Crippen molar-refractivity contribution in [3.05, 3.63) is 41.6 Å². The van der Waals surface area contributed by atoms with Gasteiger partial charge in [-0.25, -0.2) is 9.37 Å². The highest BCUT2D eigenvalue weighted by Gasteiger charge is 2.09. The molecule has 2 rings (SSSR count). The summed E-state index contributed by atoms with van der Waals surface area (Å²) in [7, 11) is 0. The van der Waals surface area contributed by atoms with Gasteiger partial charge in [-0.2, -0.15) is 0 Å². The number of hydrogen-bond donors (Lipinski definition) is 2. The van der Waals surface area contributed by atoms with Crippen LogP contribution in [-0.2, 0) is 6.54 Å². The molecule has 0 aliphatic rings. The molecular weight excluding hydrogens is 229 g/mol. The first kappa shape index (κ1) is 12.8. The van der Waals surface area contributed by atoms with Gasteiger partial charge in [0.15, 0.2) is 0 Å². The van der Waals surface area contributed by atoms with Crippen LogP contribution in [0.4, 0.5) is 4.39 Å². The Hall–Kier alpha value is -1.68. The maximum Gasteiger partial charge on any atom is 0.123 e. The average molecular weight is 247 g/mol. The number of benzene rings is 1. The van der Waals surface area contributed by atoms with E-state index in [4.69, 9.17) is 0 Å². The molecule has 96 valence electrons. The Morgan fingerprint density at radius 2 is 2.22 bits per heavy atom. The van der Waals surface area contributed by atoms with Crippen molar-refractivity contribution in [3.63, 3.8) is 0 Å². The largest absolute Gasteiger partial charge is 0.344 e. The minimum Gasteiger partial charge on any atom is -0.344 e. The summed E-state index contributed by atoms with van der Waals surface area (Å²) in [5.74, 6) is 0.653. The Morgan fingerprint density at radius 1 is 1.39 bits per heavy atom. The number of H-pyrrole nitrogens is 1. The number of aromatic amines is 1. The second-order valence-corrected chi connectivity index (χ2v) is 4.34. The fraction of sp³-hybridized carbons (Fsp3) is 0.357. The molecule has 1 aromatic heterocycles. The topological polar surface area (TPSA) is 40.7 Å². The van der Waals surface area contributed by atoms with Crippen molar-refractivity contribution in [2.24, 2.45) is 0 Å². The molecule has 2 aromatic rings. The van der Waals surface area contributed by atoms with E-state index in [2.05, 4.69) is 22.2 Å². The van der Waals surface area contributed by atoms with E-state index in [1.165, 1.54) is 12.1 Å². The Kier molecular flexibility index (Phi) is 4.10. The van der Waals surface area contributed by atoms with Crippen LogP contribution in [0.2, 0.25) is 0 Å². The van der Waals surface area contributed by atoms with E-state index in [9.17, 15) is 4.39 Å². The van der Waals surface area contributed by atoms with Gasteiger partial charge in [0.1, 0.15) is 11.6 Å². The zero-order valence-electron chi connectivity index (χ0n) is 10.8. The number of hydrogen-bond acceptors (Lipinski definition) is 2. The summed E-state index contributed by atoms with van der Waals surface area (Å²) in [6.07, 6.45) is 1.09.